The van der Waals surface area contributed by atoms with E-state index in [-0.39, 0.29) is 18.2 Å². The molecule has 2 aromatic carbocycles. The molecule has 1 saturated carbocycles. The summed E-state index contributed by atoms with van der Waals surface area (Å²) in [7, 11) is 0. The maximum absolute atomic E-state index is 13.0. The number of nitro groups is 1. The van der Waals surface area contributed by atoms with Crippen molar-refractivity contribution in [1.82, 2.24) is 5.32 Å². The van der Waals surface area contributed by atoms with E-state index in [1.54, 1.807) is 20.8 Å². The van der Waals surface area contributed by atoms with Crippen LogP contribution < -0.4 is 5.32 Å². The second-order valence-electron chi connectivity index (χ2n) is 8.77. The fraction of sp³-hybridized carbons (Fsp3) is 0.391. The molecule has 164 valence electrons. The Balaban J connectivity index is 1.74. The maximum Gasteiger partial charge on any atom is 0.408 e. The molecular weight excluding hydrogens is 400 g/mol. The lowest BCUT2D eigenvalue weighted by atomic mass is 10.0. The second kappa shape index (κ2) is 8.37. The fourth-order valence-electron chi connectivity index (χ4n) is 3.36. The number of non-ortho nitro benzene ring substituents is 1. The molecule has 3 rings (SSSR count). The van der Waals surface area contributed by atoms with Crippen LogP contribution in [0.5, 0.6) is 0 Å². The lowest BCUT2D eigenvalue weighted by Gasteiger charge is -2.23. The molecule has 0 saturated heterocycles. The number of esters is 1. The number of ether oxygens (including phenoxy) is 2. The molecule has 1 fully saturated rings. The Bertz CT molecular complexity index is 979. The standard InChI is InChI=1S/C23H26N2O6/c1-15-5-9-17(10-6-15)19-13-23(19,24-21(27)31-22(2,3)4)20(26)30-14-16-7-11-18(12-8-16)25(28)29/h5-12,19H,13-14H2,1-4H3,(H,24,27)/t19-,23-/m1/s1. The number of amides is 1. The summed E-state index contributed by atoms with van der Waals surface area (Å²) < 4.78 is 10.8. The summed E-state index contributed by atoms with van der Waals surface area (Å²) in [5.41, 5.74) is 0.670. The molecule has 1 aliphatic rings. The zero-order valence-electron chi connectivity index (χ0n) is 18.0. The molecule has 0 heterocycles. The highest BCUT2D eigenvalue weighted by Crippen LogP contribution is 2.52. The van der Waals surface area contributed by atoms with Crippen molar-refractivity contribution < 1.29 is 24.0 Å². The number of nitrogens with zero attached hydrogens (tertiary/aromatic N) is 1. The monoisotopic (exact) mass is 426 g/mol. The molecule has 0 aromatic heterocycles. The van der Waals surface area contributed by atoms with Crippen molar-refractivity contribution in [2.75, 3.05) is 0 Å². The van der Waals surface area contributed by atoms with Gasteiger partial charge in [0.1, 0.15) is 17.7 Å². The van der Waals surface area contributed by atoms with Crippen molar-refractivity contribution in [3.63, 3.8) is 0 Å². The summed E-state index contributed by atoms with van der Waals surface area (Å²) in [5, 5.41) is 13.5. The Morgan fingerprint density at radius 3 is 2.29 bits per heavy atom. The molecule has 1 N–H and O–H groups in total. The van der Waals surface area contributed by atoms with Crippen molar-refractivity contribution in [3.05, 3.63) is 75.3 Å². The number of benzene rings is 2. The summed E-state index contributed by atoms with van der Waals surface area (Å²) in [6.07, 6.45) is -0.289. The number of nitro benzene ring substituents is 1. The third kappa shape index (κ3) is 5.39. The minimum atomic E-state index is -1.21. The van der Waals surface area contributed by atoms with Crippen LogP contribution in [0.15, 0.2) is 48.5 Å². The van der Waals surface area contributed by atoms with Gasteiger partial charge in [0, 0.05) is 18.1 Å². The van der Waals surface area contributed by atoms with E-state index >= 15 is 0 Å². The number of carbonyl (C=O) groups excluding carboxylic acids is 2. The summed E-state index contributed by atoms with van der Waals surface area (Å²) in [4.78, 5) is 35.7. The average Bonchev–Trinajstić information content (AvgIpc) is 3.40. The van der Waals surface area contributed by atoms with E-state index in [0.717, 1.165) is 11.1 Å². The first-order valence-electron chi connectivity index (χ1n) is 9.98. The van der Waals surface area contributed by atoms with Crippen LogP contribution in [0.3, 0.4) is 0 Å². The number of aryl methyl sites for hydroxylation is 1. The van der Waals surface area contributed by atoms with Crippen molar-refractivity contribution in [3.8, 4) is 0 Å². The van der Waals surface area contributed by atoms with E-state index in [9.17, 15) is 19.7 Å². The molecule has 0 unspecified atom stereocenters. The SMILES string of the molecule is Cc1ccc([C@H]2C[C@]2(NC(=O)OC(C)(C)C)C(=O)OCc2ccc([N+](=O)[O-])cc2)cc1. The molecule has 2 atom stereocenters. The molecule has 0 radical (unpaired) electrons. The first kappa shape index (κ1) is 22.3. The fourth-order valence-corrected chi connectivity index (χ4v) is 3.36. The Morgan fingerprint density at radius 1 is 1.13 bits per heavy atom. The van der Waals surface area contributed by atoms with Gasteiger partial charge in [0.25, 0.3) is 5.69 Å². The highest BCUT2D eigenvalue weighted by molar-refractivity contribution is 5.91. The molecule has 8 heteroatoms. The molecule has 31 heavy (non-hydrogen) atoms. The number of rotatable bonds is 6. The van der Waals surface area contributed by atoms with Crippen molar-refractivity contribution in [2.24, 2.45) is 0 Å². The molecule has 1 amide bonds. The number of hydrogen-bond acceptors (Lipinski definition) is 6. The number of carbonyl (C=O) groups is 2. The zero-order valence-corrected chi connectivity index (χ0v) is 18.0. The number of hydrogen-bond donors (Lipinski definition) is 1. The smallest absolute Gasteiger partial charge is 0.408 e. The molecule has 8 nitrogen and oxygen atoms in total. The van der Waals surface area contributed by atoms with Crippen LogP contribution >= 0.6 is 0 Å². The quantitative estimate of drug-likeness (QED) is 0.417. The Kier molecular flexibility index (Phi) is 6.01. The van der Waals surface area contributed by atoms with Crippen LogP contribution in [-0.2, 0) is 20.9 Å². The maximum atomic E-state index is 13.0. The topological polar surface area (TPSA) is 108 Å². The Hall–Kier alpha value is -3.42. The molecule has 0 spiro atoms. The minimum Gasteiger partial charge on any atom is -0.459 e. The zero-order chi connectivity index (χ0) is 22.8. The summed E-state index contributed by atoms with van der Waals surface area (Å²) in [6.45, 7) is 7.15. The van der Waals surface area contributed by atoms with Gasteiger partial charge in [0.2, 0.25) is 0 Å². The Labute approximate surface area is 180 Å². The van der Waals surface area contributed by atoms with Gasteiger partial charge in [-0.25, -0.2) is 9.59 Å². The van der Waals surface area contributed by atoms with Gasteiger partial charge < -0.3 is 14.8 Å². The second-order valence-corrected chi connectivity index (χ2v) is 8.77. The van der Waals surface area contributed by atoms with Gasteiger partial charge in [-0.1, -0.05) is 29.8 Å². The third-order valence-electron chi connectivity index (χ3n) is 5.05. The van der Waals surface area contributed by atoms with E-state index in [1.807, 2.05) is 31.2 Å². The van der Waals surface area contributed by atoms with Crippen LogP contribution in [0.4, 0.5) is 10.5 Å². The van der Waals surface area contributed by atoms with Crippen LogP contribution in [0.25, 0.3) is 0 Å². The van der Waals surface area contributed by atoms with Crippen molar-refractivity contribution >= 4 is 17.7 Å². The highest BCUT2D eigenvalue weighted by atomic mass is 16.6. The van der Waals surface area contributed by atoms with E-state index in [1.165, 1.54) is 24.3 Å². The van der Waals surface area contributed by atoms with Gasteiger partial charge in [-0.2, -0.15) is 0 Å². The van der Waals surface area contributed by atoms with Gasteiger partial charge in [0.15, 0.2) is 0 Å². The largest absolute Gasteiger partial charge is 0.459 e. The molecule has 1 aliphatic carbocycles. The molecule has 2 aromatic rings. The van der Waals surface area contributed by atoms with Crippen molar-refractivity contribution in [1.29, 1.82) is 0 Å². The molecular formula is C23H26N2O6. The van der Waals surface area contributed by atoms with E-state index in [0.29, 0.717) is 12.0 Å². The van der Waals surface area contributed by atoms with Gasteiger partial charge in [0.05, 0.1) is 4.92 Å². The highest BCUT2D eigenvalue weighted by Gasteiger charge is 2.63. The molecule has 0 aliphatic heterocycles. The van der Waals surface area contributed by atoms with Crippen LogP contribution in [-0.4, -0.2) is 28.1 Å². The molecule has 0 bridgehead atoms. The van der Waals surface area contributed by atoms with Crippen LogP contribution in [0.1, 0.15) is 49.8 Å². The summed E-state index contributed by atoms with van der Waals surface area (Å²) in [6, 6.07) is 13.5. The van der Waals surface area contributed by atoms with Gasteiger partial charge >= 0.3 is 12.1 Å². The lowest BCUT2D eigenvalue weighted by Crippen LogP contribution is -2.47. The van der Waals surface area contributed by atoms with Crippen molar-refractivity contribution in [2.45, 2.75) is 57.8 Å². The van der Waals surface area contributed by atoms with Gasteiger partial charge in [-0.05, 0) is 57.4 Å². The van der Waals surface area contributed by atoms with Crippen LogP contribution in [0, 0.1) is 17.0 Å². The summed E-state index contributed by atoms with van der Waals surface area (Å²) in [5.74, 6) is -0.799. The number of nitrogens with one attached hydrogen (secondary N) is 1. The van der Waals surface area contributed by atoms with E-state index in [2.05, 4.69) is 5.32 Å². The summed E-state index contributed by atoms with van der Waals surface area (Å²) >= 11 is 0. The minimum absolute atomic E-state index is 0.0419. The van der Waals surface area contributed by atoms with E-state index in [4.69, 9.17) is 9.47 Å². The van der Waals surface area contributed by atoms with Gasteiger partial charge in [-0.3, -0.25) is 10.1 Å². The third-order valence-corrected chi connectivity index (χ3v) is 5.05. The first-order valence-corrected chi connectivity index (χ1v) is 9.98. The van der Waals surface area contributed by atoms with E-state index < -0.39 is 28.1 Å². The Morgan fingerprint density at radius 2 is 1.74 bits per heavy atom. The number of alkyl carbamates (subject to hydrolysis) is 1. The average molecular weight is 426 g/mol. The normalized spacial score (nSPS) is 19.9. The predicted octanol–water partition coefficient (Wildman–Crippen LogP) is 4.40. The van der Waals surface area contributed by atoms with Crippen LogP contribution in [0.2, 0.25) is 0 Å². The predicted molar refractivity (Wildman–Crippen MR) is 114 cm³/mol. The first-order chi connectivity index (χ1) is 14.5. The lowest BCUT2D eigenvalue weighted by molar-refractivity contribution is -0.384. The van der Waals surface area contributed by atoms with Gasteiger partial charge in [-0.15, -0.1) is 0 Å².